The van der Waals surface area contributed by atoms with E-state index in [-0.39, 0.29) is 12.5 Å². The van der Waals surface area contributed by atoms with E-state index < -0.39 is 0 Å². The number of nitrogens with zero attached hydrogens (tertiary/aromatic N) is 3. The summed E-state index contributed by atoms with van der Waals surface area (Å²) in [7, 11) is 5.32. The Morgan fingerprint density at radius 3 is 2.48 bits per heavy atom. The first kappa shape index (κ1) is 20.8. The third-order valence-corrected chi connectivity index (χ3v) is 3.53. The van der Waals surface area contributed by atoms with Gasteiger partial charge in [-0.25, -0.2) is 4.99 Å². The molecule has 0 aliphatic heterocycles. The molecule has 0 aliphatic rings. The normalized spacial score (nSPS) is 11.0. The van der Waals surface area contributed by atoms with Gasteiger partial charge in [-0.05, 0) is 31.2 Å². The Labute approximate surface area is 155 Å². The summed E-state index contributed by atoms with van der Waals surface area (Å²) >= 11 is 5.85. The molecule has 0 atom stereocenters. The van der Waals surface area contributed by atoms with Crippen LogP contribution >= 0.6 is 11.6 Å². The van der Waals surface area contributed by atoms with Gasteiger partial charge in [-0.1, -0.05) is 23.8 Å². The van der Waals surface area contributed by atoms with Crippen molar-refractivity contribution in [2.45, 2.75) is 6.92 Å². The Balaban J connectivity index is 2.59. The minimum absolute atomic E-state index is 0.0551. The van der Waals surface area contributed by atoms with Gasteiger partial charge in [0.1, 0.15) is 18.9 Å². The standard InChI is InChI=1S/C18H27ClN4O2/c1-14(2)12-20-18(21-13-17(24)22(3)4)23(5)10-11-25-16-8-6-15(19)7-9-16/h6-9H,1,10-13H2,2-5H3,(H,20,21). The number of halogens is 1. The van der Waals surface area contributed by atoms with E-state index in [9.17, 15) is 4.79 Å². The molecule has 0 radical (unpaired) electrons. The molecule has 0 aliphatic carbocycles. The zero-order valence-electron chi connectivity index (χ0n) is 15.4. The molecule has 1 rings (SSSR count). The second kappa shape index (κ2) is 10.6. The zero-order chi connectivity index (χ0) is 18.8. The Bertz CT molecular complexity index is 600. The van der Waals surface area contributed by atoms with Crippen LogP contribution in [0.3, 0.4) is 0 Å². The minimum atomic E-state index is -0.0551. The van der Waals surface area contributed by atoms with Crippen molar-refractivity contribution in [1.82, 2.24) is 15.1 Å². The summed E-state index contributed by atoms with van der Waals surface area (Å²) in [6.07, 6.45) is 0. The molecule has 25 heavy (non-hydrogen) atoms. The fourth-order valence-electron chi connectivity index (χ4n) is 1.76. The Hall–Kier alpha value is -2.21. The van der Waals surface area contributed by atoms with Crippen molar-refractivity contribution in [2.75, 3.05) is 47.4 Å². The van der Waals surface area contributed by atoms with Crippen molar-refractivity contribution in [1.29, 1.82) is 0 Å². The van der Waals surface area contributed by atoms with E-state index in [2.05, 4.69) is 16.9 Å². The van der Waals surface area contributed by atoms with Crippen LogP contribution in [0, 0.1) is 0 Å². The van der Waals surface area contributed by atoms with Gasteiger partial charge in [-0.3, -0.25) is 4.79 Å². The van der Waals surface area contributed by atoms with E-state index in [1.807, 2.05) is 31.0 Å². The molecule has 0 aromatic heterocycles. The van der Waals surface area contributed by atoms with Gasteiger partial charge in [-0.15, -0.1) is 0 Å². The molecule has 0 bridgehead atoms. The van der Waals surface area contributed by atoms with Crippen molar-refractivity contribution in [3.63, 3.8) is 0 Å². The van der Waals surface area contributed by atoms with Crippen molar-refractivity contribution in [2.24, 2.45) is 4.99 Å². The van der Waals surface area contributed by atoms with E-state index in [0.717, 1.165) is 11.3 Å². The number of amides is 1. The fourth-order valence-corrected chi connectivity index (χ4v) is 1.89. The average molecular weight is 367 g/mol. The van der Waals surface area contributed by atoms with Crippen LogP contribution in [-0.2, 0) is 4.79 Å². The minimum Gasteiger partial charge on any atom is -0.492 e. The van der Waals surface area contributed by atoms with Gasteiger partial charge >= 0.3 is 0 Å². The summed E-state index contributed by atoms with van der Waals surface area (Å²) in [4.78, 5) is 19.6. The van der Waals surface area contributed by atoms with Gasteiger partial charge in [0.05, 0.1) is 6.54 Å². The molecule has 138 valence electrons. The quantitative estimate of drug-likeness (QED) is 0.435. The fraction of sp³-hybridized carbons (Fsp3) is 0.444. The highest BCUT2D eigenvalue weighted by Gasteiger charge is 2.09. The number of carbonyl (C=O) groups is 1. The molecule has 1 aromatic carbocycles. The smallest absolute Gasteiger partial charge is 0.243 e. The SMILES string of the molecule is C=C(C)CNC(=NCC(=O)N(C)C)N(C)CCOc1ccc(Cl)cc1. The van der Waals surface area contributed by atoms with Crippen LogP contribution < -0.4 is 10.1 Å². The van der Waals surface area contributed by atoms with Crippen molar-refractivity contribution in [3.8, 4) is 5.75 Å². The first-order valence-corrected chi connectivity index (χ1v) is 8.39. The van der Waals surface area contributed by atoms with Gasteiger partial charge in [0, 0.05) is 32.7 Å². The maximum atomic E-state index is 11.8. The van der Waals surface area contributed by atoms with E-state index in [1.165, 1.54) is 4.90 Å². The maximum Gasteiger partial charge on any atom is 0.243 e. The number of hydrogen-bond donors (Lipinski definition) is 1. The molecule has 1 amide bonds. The molecule has 0 spiro atoms. The highest BCUT2D eigenvalue weighted by atomic mass is 35.5. The third kappa shape index (κ3) is 8.44. The highest BCUT2D eigenvalue weighted by molar-refractivity contribution is 6.30. The Morgan fingerprint density at radius 2 is 1.92 bits per heavy atom. The van der Waals surface area contributed by atoms with Gasteiger partial charge in [0.15, 0.2) is 5.96 Å². The largest absolute Gasteiger partial charge is 0.492 e. The average Bonchev–Trinajstić information content (AvgIpc) is 2.55. The predicted molar refractivity (Wildman–Crippen MR) is 103 cm³/mol. The number of hydrogen-bond acceptors (Lipinski definition) is 3. The van der Waals surface area contributed by atoms with Crippen LogP contribution in [0.2, 0.25) is 5.02 Å². The van der Waals surface area contributed by atoms with Gasteiger partial charge in [0.2, 0.25) is 5.91 Å². The van der Waals surface area contributed by atoms with Crippen LogP contribution in [0.5, 0.6) is 5.75 Å². The summed E-state index contributed by atoms with van der Waals surface area (Å²) in [5, 5.41) is 3.88. The van der Waals surface area contributed by atoms with E-state index in [1.54, 1.807) is 26.2 Å². The molecule has 6 nitrogen and oxygen atoms in total. The number of likely N-dealkylation sites (N-methyl/N-ethyl adjacent to an activating group) is 2. The van der Waals surface area contributed by atoms with Crippen molar-refractivity contribution in [3.05, 3.63) is 41.4 Å². The molecule has 7 heteroatoms. The van der Waals surface area contributed by atoms with Crippen LogP contribution in [0.15, 0.2) is 41.4 Å². The predicted octanol–water partition coefficient (Wildman–Crippen LogP) is 2.26. The molecular weight excluding hydrogens is 340 g/mol. The molecule has 1 aromatic rings. The molecule has 0 heterocycles. The summed E-state index contributed by atoms with van der Waals surface area (Å²) < 4.78 is 5.70. The lowest BCUT2D eigenvalue weighted by molar-refractivity contribution is -0.127. The first-order chi connectivity index (χ1) is 11.8. The third-order valence-electron chi connectivity index (χ3n) is 3.28. The first-order valence-electron chi connectivity index (χ1n) is 8.02. The lowest BCUT2D eigenvalue weighted by Crippen LogP contribution is -2.42. The molecule has 0 saturated carbocycles. The molecule has 1 N–H and O–H groups in total. The monoisotopic (exact) mass is 366 g/mol. The van der Waals surface area contributed by atoms with E-state index in [4.69, 9.17) is 16.3 Å². The number of carbonyl (C=O) groups excluding carboxylic acids is 1. The van der Waals surface area contributed by atoms with Gasteiger partial charge in [0.25, 0.3) is 0 Å². The lowest BCUT2D eigenvalue weighted by Gasteiger charge is -2.23. The number of guanidine groups is 1. The van der Waals surface area contributed by atoms with Crippen LogP contribution in [0.25, 0.3) is 0 Å². The molecule has 0 saturated heterocycles. The molecular formula is C18H27ClN4O2. The Kier molecular flexibility index (Phi) is 8.84. The van der Waals surface area contributed by atoms with Crippen LogP contribution in [0.4, 0.5) is 0 Å². The second-order valence-electron chi connectivity index (χ2n) is 5.96. The highest BCUT2D eigenvalue weighted by Crippen LogP contribution is 2.15. The van der Waals surface area contributed by atoms with Gasteiger partial charge in [-0.2, -0.15) is 0 Å². The molecule has 0 unspecified atom stereocenters. The summed E-state index contributed by atoms with van der Waals surface area (Å²) in [6, 6.07) is 7.22. The topological polar surface area (TPSA) is 57.2 Å². The van der Waals surface area contributed by atoms with Gasteiger partial charge < -0.3 is 19.9 Å². The second-order valence-corrected chi connectivity index (χ2v) is 6.40. The van der Waals surface area contributed by atoms with Crippen molar-refractivity contribution < 1.29 is 9.53 Å². The van der Waals surface area contributed by atoms with Crippen LogP contribution in [0.1, 0.15) is 6.92 Å². The maximum absolute atomic E-state index is 11.8. The summed E-state index contributed by atoms with van der Waals surface area (Å²) in [6.45, 7) is 7.58. The lowest BCUT2D eigenvalue weighted by atomic mass is 10.3. The summed E-state index contributed by atoms with van der Waals surface area (Å²) in [5.41, 5.74) is 0.984. The van der Waals surface area contributed by atoms with E-state index >= 15 is 0 Å². The van der Waals surface area contributed by atoms with Crippen molar-refractivity contribution >= 4 is 23.5 Å². The number of aliphatic imine (C=N–C) groups is 1. The number of ether oxygens (including phenoxy) is 1. The molecule has 0 fully saturated rings. The summed E-state index contributed by atoms with van der Waals surface area (Å²) in [5.74, 6) is 1.34. The zero-order valence-corrected chi connectivity index (χ0v) is 16.1. The number of rotatable bonds is 8. The Morgan fingerprint density at radius 1 is 1.28 bits per heavy atom. The number of benzene rings is 1. The number of nitrogens with one attached hydrogen (secondary N) is 1. The van der Waals surface area contributed by atoms with Crippen LogP contribution in [-0.4, -0.2) is 69.1 Å². The van der Waals surface area contributed by atoms with E-state index in [0.29, 0.717) is 30.7 Å².